The lowest BCUT2D eigenvalue weighted by atomic mass is 10.2. The van der Waals surface area contributed by atoms with E-state index in [1.807, 2.05) is 0 Å². The summed E-state index contributed by atoms with van der Waals surface area (Å²) in [7, 11) is 1.54. The van der Waals surface area contributed by atoms with Gasteiger partial charge in [0.05, 0.1) is 12.0 Å². The minimum Gasteiger partial charge on any atom is -0.497 e. The summed E-state index contributed by atoms with van der Waals surface area (Å²) in [5, 5.41) is 18.0. The number of benzene rings is 2. The van der Waals surface area contributed by atoms with Crippen LogP contribution in [0.4, 0.5) is 5.69 Å². The minimum absolute atomic E-state index is 0.163. The Balaban J connectivity index is 1.92. The van der Waals surface area contributed by atoms with Gasteiger partial charge >= 0.3 is 0 Å². The molecule has 9 nitrogen and oxygen atoms in total. The fraction of sp³-hybridized carbons (Fsp3) is 0.150. The lowest BCUT2D eigenvalue weighted by Gasteiger charge is -2.12. The average Bonchev–Trinajstić information content (AvgIpc) is 2.72. The highest BCUT2D eigenvalue weighted by molar-refractivity contribution is 5.92. The second kappa shape index (κ2) is 8.34. The van der Waals surface area contributed by atoms with Gasteiger partial charge in [-0.15, -0.1) is 0 Å². The maximum atomic E-state index is 12.6. The third-order valence-electron chi connectivity index (χ3n) is 4.22. The van der Waals surface area contributed by atoms with Crippen LogP contribution < -0.4 is 15.5 Å². The number of nitrogens with zero attached hydrogens (tertiary/aromatic N) is 3. The Labute approximate surface area is 165 Å². The Morgan fingerprint density at radius 2 is 1.97 bits per heavy atom. The topological polar surface area (TPSA) is 116 Å². The van der Waals surface area contributed by atoms with E-state index in [0.29, 0.717) is 11.4 Å². The van der Waals surface area contributed by atoms with Crippen molar-refractivity contribution in [1.82, 2.24) is 15.1 Å². The molecular formula is C20H18N4O5. The molecule has 29 heavy (non-hydrogen) atoms. The van der Waals surface area contributed by atoms with Crippen molar-refractivity contribution < 1.29 is 14.5 Å². The Hall–Kier alpha value is -4.01. The number of para-hydroxylation sites is 2. The molecular weight excluding hydrogens is 376 g/mol. The first-order valence-corrected chi connectivity index (χ1v) is 8.66. The van der Waals surface area contributed by atoms with Crippen LogP contribution in [0.5, 0.6) is 5.75 Å². The summed E-state index contributed by atoms with van der Waals surface area (Å²) in [4.78, 5) is 35.6. The lowest BCUT2D eigenvalue weighted by molar-refractivity contribution is -0.384. The van der Waals surface area contributed by atoms with Crippen molar-refractivity contribution >= 4 is 11.6 Å². The number of aryl methyl sites for hydroxylation is 1. The summed E-state index contributed by atoms with van der Waals surface area (Å²) >= 11 is 0. The molecule has 0 aliphatic carbocycles. The van der Waals surface area contributed by atoms with Crippen LogP contribution in [0.1, 0.15) is 21.7 Å². The van der Waals surface area contributed by atoms with E-state index in [9.17, 15) is 19.7 Å². The van der Waals surface area contributed by atoms with Crippen LogP contribution in [0.3, 0.4) is 0 Å². The van der Waals surface area contributed by atoms with Gasteiger partial charge in [-0.2, -0.15) is 5.10 Å². The molecule has 1 N–H and O–H groups in total. The predicted molar refractivity (Wildman–Crippen MR) is 105 cm³/mol. The Morgan fingerprint density at radius 3 is 2.69 bits per heavy atom. The first kappa shape index (κ1) is 19.7. The highest BCUT2D eigenvalue weighted by atomic mass is 16.6. The third-order valence-corrected chi connectivity index (χ3v) is 4.22. The van der Waals surface area contributed by atoms with E-state index < -0.39 is 16.3 Å². The molecule has 3 aromatic rings. The fourth-order valence-corrected chi connectivity index (χ4v) is 2.79. The zero-order valence-corrected chi connectivity index (χ0v) is 15.8. The number of hydrogen-bond donors (Lipinski definition) is 1. The molecule has 2 aromatic carbocycles. The smallest absolute Gasteiger partial charge is 0.294 e. The summed E-state index contributed by atoms with van der Waals surface area (Å²) in [6.07, 6.45) is 0. The zero-order chi connectivity index (χ0) is 21.0. The second-order valence-corrected chi connectivity index (χ2v) is 6.19. The number of carbonyl (C=O) groups excluding carboxylic acids is 1. The quantitative estimate of drug-likeness (QED) is 0.507. The molecule has 148 valence electrons. The number of nitro groups is 1. The van der Waals surface area contributed by atoms with Crippen LogP contribution in [0.2, 0.25) is 0 Å². The molecule has 0 saturated heterocycles. The second-order valence-electron chi connectivity index (χ2n) is 6.19. The van der Waals surface area contributed by atoms with Gasteiger partial charge in [-0.1, -0.05) is 24.3 Å². The van der Waals surface area contributed by atoms with Crippen LogP contribution in [0.25, 0.3) is 5.69 Å². The predicted octanol–water partition coefficient (Wildman–Crippen LogP) is 2.39. The van der Waals surface area contributed by atoms with Crippen molar-refractivity contribution in [2.75, 3.05) is 7.11 Å². The summed E-state index contributed by atoms with van der Waals surface area (Å²) in [6.45, 7) is 1.75. The summed E-state index contributed by atoms with van der Waals surface area (Å²) < 4.78 is 6.36. The number of nitro benzene ring substituents is 1. The number of nitrogens with one attached hydrogen (secondary N) is 1. The molecule has 1 amide bonds. The summed E-state index contributed by atoms with van der Waals surface area (Å²) in [6, 6.07) is 14.3. The van der Waals surface area contributed by atoms with Crippen LogP contribution in [-0.2, 0) is 6.54 Å². The Bertz CT molecular complexity index is 1140. The van der Waals surface area contributed by atoms with Crippen molar-refractivity contribution in [3.05, 3.63) is 91.9 Å². The first-order valence-electron chi connectivity index (χ1n) is 8.66. The number of amides is 1. The van der Waals surface area contributed by atoms with Gasteiger partial charge < -0.3 is 10.1 Å². The molecule has 1 heterocycles. The number of aromatic nitrogens is 2. The number of methoxy groups -OCH3 is 1. The number of rotatable bonds is 6. The molecule has 3 rings (SSSR count). The molecule has 0 fully saturated rings. The molecule has 1 aromatic heterocycles. The van der Waals surface area contributed by atoms with Crippen LogP contribution >= 0.6 is 0 Å². The van der Waals surface area contributed by atoms with Crippen LogP contribution in [-0.4, -0.2) is 27.7 Å². The molecule has 0 saturated carbocycles. The first-order chi connectivity index (χ1) is 13.9. The van der Waals surface area contributed by atoms with E-state index in [0.717, 1.165) is 5.56 Å². The van der Waals surface area contributed by atoms with Crippen molar-refractivity contribution in [1.29, 1.82) is 0 Å². The van der Waals surface area contributed by atoms with Gasteiger partial charge in [0.25, 0.3) is 11.6 Å². The van der Waals surface area contributed by atoms with Gasteiger partial charge in [-0.25, -0.2) is 4.68 Å². The van der Waals surface area contributed by atoms with Crippen molar-refractivity contribution in [3.8, 4) is 11.4 Å². The number of hydrogen-bond acceptors (Lipinski definition) is 6. The maximum Gasteiger partial charge on any atom is 0.294 e. The number of carbonyl (C=O) groups is 1. The van der Waals surface area contributed by atoms with Gasteiger partial charge in [-0.3, -0.25) is 19.7 Å². The van der Waals surface area contributed by atoms with Crippen LogP contribution in [0.15, 0.2) is 59.4 Å². The number of ether oxygens (including phenoxy) is 1. The Morgan fingerprint density at radius 1 is 1.21 bits per heavy atom. The van der Waals surface area contributed by atoms with E-state index in [1.165, 1.54) is 28.9 Å². The van der Waals surface area contributed by atoms with E-state index in [2.05, 4.69) is 10.4 Å². The van der Waals surface area contributed by atoms with Gasteiger partial charge in [0.2, 0.25) is 5.43 Å². The van der Waals surface area contributed by atoms with Crippen LogP contribution in [0, 0.1) is 17.0 Å². The third kappa shape index (κ3) is 4.29. The van der Waals surface area contributed by atoms with Crippen molar-refractivity contribution in [3.63, 3.8) is 0 Å². The zero-order valence-electron chi connectivity index (χ0n) is 15.8. The standard InChI is InChI=1S/C20H18N4O5/c1-13-10-18(25)19(20(26)21-12-14-6-5-7-15(11-14)29-2)22-23(13)16-8-3-4-9-17(16)24(27)28/h3-11H,12H2,1-2H3,(H,21,26). The molecule has 0 aliphatic heterocycles. The van der Waals surface area contributed by atoms with E-state index in [1.54, 1.807) is 44.4 Å². The van der Waals surface area contributed by atoms with E-state index in [-0.39, 0.29) is 23.6 Å². The van der Waals surface area contributed by atoms with Crippen molar-refractivity contribution in [2.24, 2.45) is 0 Å². The minimum atomic E-state index is -0.676. The average molecular weight is 394 g/mol. The summed E-state index contributed by atoms with van der Waals surface area (Å²) in [5.74, 6) is -0.0332. The maximum absolute atomic E-state index is 12.6. The molecule has 0 unspecified atom stereocenters. The van der Waals surface area contributed by atoms with Gasteiger partial charge in [0, 0.05) is 24.4 Å². The normalized spacial score (nSPS) is 10.4. The molecule has 0 radical (unpaired) electrons. The SMILES string of the molecule is COc1cccc(CNC(=O)c2nn(-c3ccccc3[N+](=O)[O-])c(C)cc2=O)c1. The van der Waals surface area contributed by atoms with Gasteiger partial charge in [0.1, 0.15) is 11.4 Å². The molecule has 0 bridgehead atoms. The summed E-state index contributed by atoms with van der Waals surface area (Å²) in [5.41, 5.74) is 0.209. The van der Waals surface area contributed by atoms with E-state index >= 15 is 0 Å². The van der Waals surface area contributed by atoms with E-state index in [4.69, 9.17) is 4.74 Å². The molecule has 0 atom stereocenters. The van der Waals surface area contributed by atoms with Gasteiger partial charge in [0.15, 0.2) is 5.69 Å². The molecule has 0 aliphatic rings. The highest BCUT2D eigenvalue weighted by Gasteiger charge is 2.20. The highest BCUT2D eigenvalue weighted by Crippen LogP contribution is 2.22. The van der Waals surface area contributed by atoms with Gasteiger partial charge in [-0.05, 0) is 30.7 Å². The Kier molecular flexibility index (Phi) is 5.68. The molecule has 0 spiro atoms. The largest absolute Gasteiger partial charge is 0.497 e. The molecule has 9 heteroatoms. The lowest BCUT2D eigenvalue weighted by Crippen LogP contribution is -2.31. The fourth-order valence-electron chi connectivity index (χ4n) is 2.79. The monoisotopic (exact) mass is 394 g/mol. The van der Waals surface area contributed by atoms with Crippen molar-refractivity contribution in [2.45, 2.75) is 13.5 Å².